The second kappa shape index (κ2) is 4.37. The molecule has 0 bridgehead atoms. The van der Waals surface area contributed by atoms with Gasteiger partial charge < -0.3 is 0 Å². The summed E-state index contributed by atoms with van der Waals surface area (Å²) in [5.41, 5.74) is 2.50. The molecule has 0 radical (unpaired) electrons. The van der Waals surface area contributed by atoms with Crippen molar-refractivity contribution in [3.63, 3.8) is 0 Å². The normalized spacial score (nSPS) is 11.2. The molecule has 0 aromatic carbocycles. The van der Waals surface area contributed by atoms with Gasteiger partial charge in [-0.25, -0.2) is 4.52 Å². The SMILES string of the molecule is CC(C)c1nn2ccccc2c1C(=O)CBr. The summed E-state index contributed by atoms with van der Waals surface area (Å²) in [6, 6.07) is 5.76. The lowest BCUT2D eigenvalue weighted by Gasteiger charge is -2.02. The van der Waals surface area contributed by atoms with Crippen molar-refractivity contribution < 1.29 is 4.79 Å². The number of rotatable bonds is 3. The van der Waals surface area contributed by atoms with E-state index in [2.05, 4.69) is 21.0 Å². The van der Waals surface area contributed by atoms with E-state index in [-0.39, 0.29) is 11.7 Å². The number of carbonyl (C=O) groups is 1. The van der Waals surface area contributed by atoms with Gasteiger partial charge in [-0.05, 0) is 18.1 Å². The van der Waals surface area contributed by atoms with Gasteiger partial charge in [0.2, 0.25) is 0 Å². The van der Waals surface area contributed by atoms with Crippen LogP contribution in [0.25, 0.3) is 5.52 Å². The monoisotopic (exact) mass is 280 g/mol. The van der Waals surface area contributed by atoms with Crippen LogP contribution in [-0.4, -0.2) is 20.7 Å². The molecule has 2 aromatic heterocycles. The zero-order valence-corrected chi connectivity index (χ0v) is 10.9. The first-order valence-corrected chi connectivity index (χ1v) is 6.33. The summed E-state index contributed by atoms with van der Waals surface area (Å²) in [4.78, 5) is 11.9. The van der Waals surface area contributed by atoms with Crippen LogP contribution in [0.4, 0.5) is 0 Å². The number of nitrogens with zero attached hydrogens (tertiary/aromatic N) is 2. The Hall–Kier alpha value is -1.16. The molecule has 0 unspecified atom stereocenters. The molecule has 0 saturated carbocycles. The summed E-state index contributed by atoms with van der Waals surface area (Å²) >= 11 is 3.22. The average molecular weight is 281 g/mol. The molecule has 0 N–H and O–H groups in total. The topological polar surface area (TPSA) is 34.4 Å². The highest BCUT2D eigenvalue weighted by atomic mass is 79.9. The Morgan fingerprint density at radius 3 is 2.88 bits per heavy atom. The van der Waals surface area contributed by atoms with E-state index in [1.807, 2.05) is 38.2 Å². The van der Waals surface area contributed by atoms with Crippen LogP contribution in [0.3, 0.4) is 0 Å². The van der Waals surface area contributed by atoms with Crippen molar-refractivity contribution in [1.82, 2.24) is 9.61 Å². The highest BCUT2D eigenvalue weighted by Gasteiger charge is 2.20. The van der Waals surface area contributed by atoms with E-state index in [9.17, 15) is 4.79 Å². The van der Waals surface area contributed by atoms with Crippen molar-refractivity contribution in [2.45, 2.75) is 19.8 Å². The first kappa shape index (κ1) is 11.3. The Morgan fingerprint density at radius 1 is 1.50 bits per heavy atom. The van der Waals surface area contributed by atoms with Crippen molar-refractivity contribution in [2.75, 3.05) is 5.33 Å². The van der Waals surface area contributed by atoms with Crippen LogP contribution in [0, 0.1) is 0 Å². The molecule has 0 spiro atoms. The third-order valence-corrected chi connectivity index (χ3v) is 3.02. The molecule has 2 rings (SSSR count). The number of hydrogen-bond acceptors (Lipinski definition) is 2. The number of alkyl halides is 1. The maximum atomic E-state index is 11.9. The number of carbonyl (C=O) groups excluding carboxylic acids is 1. The smallest absolute Gasteiger partial charge is 0.177 e. The van der Waals surface area contributed by atoms with E-state index >= 15 is 0 Å². The van der Waals surface area contributed by atoms with Gasteiger partial charge in [0.25, 0.3) is 0 Å². The van der Waals surface area contributed by atoms with Crippen molar-refractivity contribution in [3.05, 3.63) is 35.7 Å². The van der Waals surface area contributed by atoms with E-state index in [1.54, 1.807) is 4.52 Å². The molecule has 3 nitrogen and oxygen atoms in total. The van der Waals surface area contributed by atoms with Crippen LogP contribution in [0.15, 0.2) is 24.4 Å². The molecule has 0 aliphatic carbocycles. The van der Waals surface area contributed by atoms with Gasteiger partial charge in [-0.3, -0.25) is 4.79 Å². The number of hydrogen-bond donors (Lipinski definition) is 0. The minimum absolute atomic E-state index is 0.0879. The van der Waals surface area contributed by atoms with Crippen LogP contribution in [0.1, 0.15) is 35.8 Å². The fourth-order valence-corrected chi connectivity index (χ4v) is 2.05. The zero-order valence-electron chi connectivity index (χ0n) is 9.27. The summed E-state index contributed by atoms with van der Waals surface area (Å²) in [5.74, 6) is 0.336. The summed E-state index contributed by atoms with van der Waals surface area (Å²) in [6.07, 6.45) is 1.87. The van der Waals surface area contributed by atoms with E-state index < -0.39 is 0 Å². The molecule has 0 amide bonds. The molecule has 84 valence electrons. The van der Waals surface area contributed by atoms with E-state index in [4.69, 9.17) is 0 Å². The maximum absolute atomic E-state index is 11.9. The molecule has 2 heterocycles. The van der Waals surface area contributed by atoms with Crippen LogP contribution in [-0.2, 0) is 0 Å². The fourth-order valence-electron chi connectivity index (χ4n) is 1.77. The molecule has 2 aromatic rings. The number of halogens is 1. The molecule has 0 atom stereocenters. The molecule has 16 heavy (non-hydrogen) atoms. The van der Waals surface area contributed by atoms with E-state index in [1.165, 1.54) is 0 Å². The standard InChI is InChI=1S/C12H13BrN2O/c1-8(2)12-11(10(16)7-13)9-5-3-4-6-15(9)14-12/h3-6,8H,7H2,1-2H3. The number of aromatic nitrogens is 2. The number of ketones is 1. The van der Waals surface area contributed by atoms with Gasteiger partial charge in [0.05, 0.1) is 22.1 Å². The van der Waals surface area contributed by atoms with Gasteiger partial charge in [-0.15, -0.1) is 0 Å². The highest BCUT2D eigenvalue weighted by molar-refractivity contribution is 9.09. The minimum atomic E-state index is 0.0879. The second-order valence-electron chi connectivity index (χ2n) is 4.00. The van der Waals surface area contributed by atoms with Gasteiger partial charge in [0.1, 0.15) is 0 Å². The third kappa shape index (κ3) is 1.78. The predicted molar refractivity (Wildman–Crippen MR) is 67.4 cm³/mol. The fraction of sp³-hybridized carbons (Fsp3) is 0.333. The molecule has 0 saturated heterocycles. The Labute approximate surface area is 103 Å². The Bertz CT molecular complexity index is 531. The maximum Gasteiger partial charge on any atom is 0.177 e. The molecular formula is C12H13BrN2O. The van der Waals surface area contributed by atoms with E-state index in [0.29, 0.717) is 5.33 Å². The summed E-state index contributed by atoms with van der Waals surface area (Å²) in [6.45, 7) is 4.10. The lowest BCUT2D eigenvalue weighted by Crippen LogP contribution is -2.04. The predicted octanol–water partition coefficient (Wildman–Crippen LogP) is 3.04. The number of fused-ring (bicyclic) bond motifs is 1. The molecule has 0 aliphatic heterocycles. The van der Waals surface area contributed by atoms with Gasteiger partial charge >= 0.3 is 0 Å². The summed E-state index contributed by atoms with van der Waals surface area (Å²) in [7, 11) is 0. The van der Waals surface area contributed by atoms with Gasteiger partial charge in [-0.1, -0.05) is 35.8 Å². The highest BCUT2D eigenvalue weighted by Crippen LogP contribution is 2.23. The van der Waals surface area contributed by atoms with Gasteiger partial charge in [0.15, 0.2) is 5.78 Å². The van der Waals surface area contributed by atoms with Crippen molar-refractivity contribution in [1.29, 1.82) is 0 Å². The molecule has 0 aliphatic rings. The van der Waals surface area contributed by atoms with Crippen molar-refractivity contribution >= 4 is 27.2 Å². The summed E-state index contributed by atoms with van der Waals surface area (Å²) in [5, 5.41) is 4.79. The summed E-state index contributed by atoms with van der Waals surface area (Å²) < 4.78 is 1.77. The van der Waals surface area contributed by atoms with Crippen LogP contribution in [0.2, 0.25) is 0 Å². The molecular weight excluding hydrogens is 268 g/mol. The van der Waals surface area contributed by atoms with Gasteiger partial charge in [0, 0.05) is 6.20 Å². The third-order valence-electron chi connectivity index (χ3n) is 2.51. The van der Waals surface area contributed by atoms with Crippen LogP contribution >= 0.6 is 15.9 Å². The number of Topliss-reactive ketones (excluding diaryl/α,β-unsaturated/α-hetero) is 1. The molecule has 4 heteroatoms. The van der Waals surface area contributed by atoms with Crippen molar-refractivity contribution in [2.24, 2.45) is 0 Å². The second-order valence-corrected chi connectivity index (χ2v) is 4.56. The van der Waals surface area contributed by atoms with Crippen LogP contribution < -0.4 is 0 Å². The number of pyridine rings is 1. The quantitative estimate of drug-likeness (QED) is 0.640. The van der Waals surface area contributed by atoms with E-state index in [0.717, 1.165) is 16.8 Å². The lowest BCUT2D eigenvalue weighted by molar-refractivity contribution is 0.102. The lowest BCUT2D eigenvalue weighted by atomic mass is 10.0. The first-order chi connectivity index (χ1) is 7.65. The minimum Gasteiger partial charge on any atom is -0.293 e. The van der Waals surface area contributed by atoms with Crippen LogP contribution in [0.5, 0.6) is 0 Å². The first-order valence-electron chi connectivity index (χ1n) is 5.21. The average Bonchev–Trinajstić information content (AvgIpc) is 2.67. The Kier molecular flexibility index (Phi) is 3.10. The molecule has 0 fully saturated rings. The van der Waals surface area contributed by atoms with Crippen molar-refractivity contribution in [3.8, 4) is 0 Å². The Morgan fingerprint density at radius 2 is 2.25 bits per heavy atom. The largest absolute Gasteiger partial charge is 0.293 e. The zero-order chi connectivity index (χ0) is 11.7. The Balaban J connectivity index is 2.74. The van der Waals surface area contributed by atoms with Gasteiger partial charge in [-0.2, -0.15) is 5.10 Å².